The van der Waals surface area contributed by atoms with Crippen LogP contribution in [-0.4, -0.2) is 31.9 Å². The molecule has 4 N–H and O–H groups in total. The van der Waals surface area contributed by atoms with Crippen molar-refractivity contribution in [3.8, 4) is 0 Å². The standard InChI is InChI=1S/C11H13ClN2O5S/c12-9-6-7(3-4-8(9)11(16)17)20(18,19)14-5-1-2-10(13)15/h3-4,6,14H,1-2,5H2,(H2,13,15)(H,16,17). The van der Waals surface area contributed by atoms with Crippen molar-refractivity contribution in [2.75, 3.05) is 6.54 Å². The molecular weight excluding hydrogens is 308 g/mol. The van der Waals surface area contributed by atoms with E-state index in [-0.39, 0.29) is 34.9 Å². The van der Waals surface area contributed by atoms with Gasteiger partial charge >= 0.3 is 5.97 Å². The molecule has 0 aromatic heterocycles. The molecule has 0 spiro atoms. The number of aromatic carboxylic acids is 1. The zero-order valence-electron chi connectivity index (χ0n) is 10.3. The monoisotopic (exact) mass is 320 g/mol. The number of carbonyl (C=O) groups is 2. The molecule has 0 heterocycles. The highest BCUT2D eigenvalue weighted by atomic mass is 35.5. The van der Waals surface area contributed by atoms with Crippen LogP contribution in [0.1, 0.15) is 23.2 Å². The number of benzene rings is 1. The first-order chi connectivity index (χ1) is 9.24. The summed E-state index contributed by atoms with van der Waals surface area (Å²) in [5, 5.41) is 8.62. The van der Waals surface area contributed by atoms with Gasteiger partial charge in [-0.1, -0.05) is 11.6 Å². The first-order valence-electron chi connectivity index (χ1n) is 5.55. The second kappa shape index (κ2) is 6.69. The third kappa shape index (κ3) is 4.48. The van der Waals surface area contributed by atoms with Gasteiger partial charge in [0.15, 0.2) is 0 Å². The second-order valence-corrected chi connectivity index (χ2v) is 6.09. The van der Waals surface area contributed by atoms with Crippen molar-refractivity contribution >= 4 is 33.5 Å². The fourth-order valence-corrected chi connectivity index (χ4v) is 2.81. The molecule has 0 aliphatic carbocycles. The Morgan fingerprint density at radius 2 is 2.00 bits per heavy atom. The van der Waals surface area contributed by atoms with Gasteiger partial charge in [0.1, 0.15) is 0 Å². The minimum atomic E-state index is -3.80. The van der Waals surface area contributed by atoms with E-state index in [0.717, 1.165) is 18.2 Å². The van der Waals surface area contributed by atoms with Crippen molar-refractivity contribution in [2.45, 2.75) is 17.7 Å². The van der Waals surface area contributed by atoms with Crippen LogP contribution >= 0.6 is 11.6 Å². The van der Waals surface area contributed by atoms with Crippen molar-refractivity contribution in [1.29, 1.82) is 0 Å². The van der Waals surface area contributed by atoms with Crippen molar-refractivity contribution in [3.05, 3.63) is 28.8 Å². The Balaban J connectivity index is 2.80. The molecule has 110 valence electrons. The third-order valence-corrected chi connectivity index (χ3v) is 4.14. The summed E-state index contributed by atoms with van der Waals surface area (Å²) in [6.07, 6.45) is 0.344. The molecule has 0 aliphatic rings. The quantitative estimate of drug-likeness (QED) is 0.633. The van der Waals surface area contributed by atoms with Gasteiger partial charge in [0.2, 0.25) is 15.9 Å². The summed E-state index contributed by atoms with van der Waals surface area (Å²) in [6.45, 7) is 0.0452. The topological polar surface area (TPSA) is 127 Å². The first kappa shape index (κ1) is 16.4. The van der Waals surface area contributed by atoms with Gasteiger partial charge < -0.3 is 10.8 Å². The van der Waals surface area contributed by atoms with E-state index in [1.54, 1.807) is 0 Å². The van der Waals surface area contributed by atoms with Gasteiger partial charge in [0.25, 0.3) is 0 Å². The number of carboxylic acids is 1. The molecule has 0 bridgehead atoms. The number of hydrogen-bond donors (Lipinski definition) is 3. The molecule has 20 heavy (non-hydrogen) atoms. The highest BCUT2D eigenvalue weighted by molar-refractivity contribution is 7.89. The van der Waals surface area contributed by atoms with Crippen LogP contribution in [0.3, 0.4) is 0 Å². The zero-order chi connectivity index (χ0) is 15.3. The Morgan fingerprint density at radius 1 is 1.35 bits per heavy atom. The number of primary amides is 1. The van der Waals surface area contributed by atoms with Crippen LogP contribution in [0, 0.1) is 0 Å². The molecule has 0 unspecified atom stereocenters. The molecule has 7 nitrogen and oxygen atoms in total. The average molecular weight is 321 g/mol. The van der Waals surface area contributed by atoms with Crippen LogP contribution in [0.4, 0.5) is 0 Å². The van der Waals surface area contributed by atoms with Crippen molar-refractivity contribution < 1.29 is 23.1 Å². The van der Waals surface area contributed by atoms with E-state index in [4.69, 9.17) is 22.4 Å². The number of amides is 1. The predicted molar refractivity (Wildman–Crippen MR) is 72.0 cm³/mol. The number of carboxylic acid groups (broad SMARTS) is 1. The average Bonchev–Trinajstić information content (AvgIpc) is 2.34. The van der Waals surface area contributed by atoms with Gasteiger partial charge in [0, 0.05) is 13.0 Å². The molecule has 0 saturated heterocycles. The molecule has 0 atom stereocenters. The lowest BCUT2D eigenvalue weighted by Gasteiger charge is -2.07. The van der Waals surface area contributed by atoms with E-state index >= 15 is 0 Å². The molecule has 1 aromatic rings. The van der Waals surface area contributed by atoms with E-state index in [2.05, 4.69) is 4.72 Å². The molecule has 9 heteroatoms. The fraction of sp³-hybridized carbons (Fsp3) is 0.273. The van der Waals surface area contributed by atoms with Crippen LogP contribution in [0.5, 0.6) is 0 Å². The highest BCUT2D eigenvalue weighted by Gasteiger charge is 2.17. The van der Waals surface area contributed by atoms with Crippen LogP contribution in [0.15, 0.2) is 23.1 Å². The van der Waals surface area contributed by atoms with Crippen LogP contribution < -0.4 is 10.5 Å². The van der Waals surface area contributed by atoms with E-state index in [1.165, 1.54) is 0 Å². The highest BCUT2D eigenvalue weighted by Crippen LogP contribution is 2.20. The lowest BCUT2D eigenvalue weighted by atomic mass is 10.2. The summed E-state index contributed by atoms with van der Waals surface area (Å²) < 4.78 is 26.0. The van der Waals surface area contributed by atoms with Crippen LogP contribution in [0.25, 0.3) is 0 Å². The van der Waals surface area contributed by atoms with Crippen molar-refractivity contribution in [2.24, 2.45) is 5.73 Å². The lowest BCUT2D eigenvalue weighted by Crippen LogP contribution is -2.26. The lowest BCUT2D eigenvalue weighted by molar-refractivity contribution is -0.118. The van der Waals surface area contributed by atoms with Gasteiger partial charge in [-0.25, -0.2) is 17.9 Å². The summed E-state index contributed by atoms with van der Waals surface area (Å²) in [5.74, 6) is -1.76. The number of rotatable bonds is 7. The van der Waals surface area contributed by atoms with Gasteiger partial charge in [-0.05, 0) is 24.6 Å². The molecule has 1 rings (SSSR count). The largest absolute Gasteiger partial charge is 0.478 e. The summed E-state index contributed by atoms with van der Waals surface area (Å²) in [4.78, 5) is 21.1. The minimum Gasteiger partial charge on any atom is -0.478 e. The summed E-state index contributed by atoms with van der Waals surface area (Å²) in [6, 6.07) is 3.32. The second-order valence-electron chi connectivity index (χ2n) is 3.91. The number of nitrogens with two attached hydrogens (primary N) is 1. The normalized spacial score (nSPS) is 11.2. The van der Waals surface area contributed by atoms with E-state index in [0.29, 0.717) is 0 Å². The molecule has 1 aromatic carbocycles. The van der Waals surface area contributed by atoms with E-state index in [1.807, 2.05) is 0 Å². The predicted octanol–water partition coefficient (Wildman–Crippen LogP) is 0.582. The van der Waals surface area contributed by atoms with Crippen molar-refractivity contribution in [1.82, 2.24) is 4.72 Å². The Hall–Kier alpha value is -1.64. The third-order valence-electron chi connectivity index (χ3n) is 2.37. The Bertz CT molecular complexity index is 630. The molecule has 0 saturated carbocycles. The summed E-state index contributed by atoms with van der Waals surface area (Å²) in [7, 11) is -3.80. The first-order valence-corrected chi connectivity index (χ1v) is 7.41. The van der Waals surface area contributed by atoms with Crippen LogP contribution in [0.2, 0.25) is 5.02 Å². The summed E-state index contributed by atoms with van der Waals surface area (Å²) >= 11 is 5.70. The molecule has 1 amide bonds. The molecular formula is C11H13ClN2O5S. The number of halogens is 1. The number of sulfonamides is 1. The number of nitrogens with one attached hydrogen (secondary N) is 1. The van der Waals surface area contributed by atoms with Crippen molar-refractivity contribution in [3.63, 3.8) is 0 Å². The zero-order valence-corrected chi connectivity index (χ0v) is 11.9. The SMILES string of the molecule is NC(=O)CCCNS(=O)(=O)c1ccc(C(=O)O)c(Cl)c1. The van der Waals surface area contributed by atoms with E-state index in [9.17, 15) is 18.0 Å². The van der Waals surface area contributed by atoms with Gasteiger partial charge in [0.05, 0.1) is 15.5 Å². The van der Waals surface area contributed by atoms with E-state index < -0.39 is 21.9 Å². The molecule has 0 aliphatic heterocycles. The Morgan fingerprint density at radius 3 is 2.50 bits per heavy atom. The fourth-order valence-electron chi connectivity index (χ4n) is 1.39. The maximum atomic E-state index is 11.9. The summed E-state index contributed by atoms with van der Waals surface area (Å²) in [5.41, 5.74) is 4.75. The molecule has 0 fully saturated rings. The van der Waals surface area contributed by atoms with Gasteiger partial charge in [-0.15, -0.1) is 0 Å². The number of carbonyl (C=O) groups excluding carboxylic acids is 1. The minimum absolute atomic E-state index is 0.0452. The van der Waals surface area contributed by atoms with Gasteiger partial charge in [-0.3, -0.25) is 4.79 Å². The number of hydrogen-bond acceptors (Lipinski definition) is 4. The maximum Gasteiger partial charge on any atom is 0.337 e. The van der Waals surface area contributed by atoms with Gasteiger partial charge in [-0.2, -0.15) is 0 Å². The van der Waals surface area contributed by atoms with Crippen LogP contribution in [-0.2, 0) is 14.8 Å². The molecule has 0 radical (unpaired) electrons. The Labute approximate surface area is 120 Å². The maximum absolute atomic E-state index is 11.9. The Kier molecular flexibility index (Phi) is 5.49. The smallest absolute Gasteiger partial charge is 0.337 e.